The zero-order valence-electron chi connectivity index (χ0n) is 15.3. The van der Waals surface area contributed by atoms with Gasteiger partial charge in [-0.2, -0.15) is 13.7 Å². The van der Waals surface area contributed by atoms with Crippen LogP contribution in [0.4, 0.5) is 0 Å². The second-order valence-electron chi connectivity index (χ2n) is 6.36. The molecule has 0 unspecified atom stereocenters. The van der Waals surface area contributed by atoms with Crippen molar-refractivity contribution in [3.05, 3.63) is 40.7 Å². The normalized spacial score (nSPS) is 17.3. The Kier molecular flexibility index (Phi) is 5.39. The molecule has 0 bridgehead atoms. The molecule has 1 aliphatic heterocycles. The highest BCUT2D eigenvalue weighted by Crippen LogP contribution is 2.27. The first-order valence-corrected chi connectivity index (χ1v) is 11.6. The molecule has 1 fully saturated rings. The first kappa shape index (κ1) is 20.3. The highest BCUT2D eigenvalue weighted by Gasteiger charge is 2.36. The minimum atomic E-state index is -3.78. The number of halogens is 1. The molecule has 1 saturated heterocycles. The smallest absolute Gasteiger partial charge is 0.246 e. The van der Waals surface area contributed by atoms with Crippen LogP contribution in [0.25, 0.3) is 0 Å². The Morgan fingerprint density at radius 1 is 0.926 bits per heavy atom. The molecule has 1 aromatic heterocycles. The molecule has 0 spiro atoms. The van der Waals surface area contributed by atoms with Crippen LogP contribution in [0.3, 0.4) is 0 Å². The fourth-order valence-corrected chi connectivity index (χ4v) is 6.94. The molecule has 2 heterocycles. The summed E-state index contributed by atoms with van der Waals surface area (Å²) in [4.78, 5) is 0.217. The second-order valence-corrected chi connectivity index (χ2v) is 10.6. The number of hydrogen-bond donors (Lipinski definition) is 0. The summed E-state index contributed by atoms with van der Waals surface area (Å²) in [6.07, 6.45) is 0. The summed E-state index contributed by atoms with van der Waals surface area (Å²) < 4.78 is 55.7. The molecular weight excluding hydrogens is 412 g/mol. The fourth-order valence-electron chi connectivity index (χ4n) is 3.20. The lowest BCUT2D eigenvalue weighted by molar-refractivity contribution is 0.272. The van der Waals surface area contributed by atoms with Crippen molar-refractivity contribution in [2.24, 2.45) is 7.05 Å². The van der Waals surface area contributed by atoms with Crippen molar-refractivity contribution in [1.29, 1.82) is 0 Å². The van der Waals surface area contributed by atoms with Gasteiger partial charge in [-0.3, -0.25) is 4.68 Å². The number of nitrogens with zero attached hydrogens (tertiary/aromatic N) is 4. The molecule has 2 aromatic rings. The zero-order valence-corrected chi connectivity index (χ0v) is 17.6. The second kappa shape index (κ2) is 7.17. The van der Waals surface area contributed by atoms with Gasteiger partial charge in [0.25, 0.3) is 0 Å². The monoisotopic (exact) mass is 432 g/mol. The Labute approximate surface area is 164 Å². The molecular formula is C16H21ClN4O4S2. The molecule has 11 heteroatoms. The molecule has 0 amide bonds. The lowest BCUT2D eigenvalue weighted by Crippen LogP contribution is -2.50. The number of sulfonamides is 2. The molecule has 0 saturated carbocycles. The average Bonchev–Trinajstić information content (AvgIpc) is 2.87. The van der Waals surface area contributed by atoms with E-state index in [0.717, 1.165) is 0 Å². The lowest BCUT2D eigenvalue weighted by atomic mass is 10.4. The molecule has 1 aromatic carbocycles. The highest BCUT2D eigenvalue weighted by atomic mass is 35.5. The van der Waals surface area contributed by atoms with Crippen LogP contribution in [-0.4, -0.2) is 61.4 Å². The Morgan fingerprint density at radius 2 is 1.44 bits per heavy atom. The number of piperazine rings is 1. The molecule has 0 radical (unpaired) electrons. The van der Waals surface area contributed by atoms with Crippen molar-refractivity contribution in [2.45, 2.75) is 23.6 Å². The van der Waals surface area contributed by atoms with Crippen molar-refractivity contribution >= 4 is 31.6 Å². The first-order valence-electron chi connectivity index (χ1n) is 8.32. The van der Waals surface area contributed by atoms with E-state index in [2.05, 4.69) is 5.10 Å². The number of rotatable bonds is 4. The molecule has 0 aliphatic carbocycles. The maximum Gasteiger partial charge on any atom is 0.246 e. The van der Waals surface area contributed by atoms with E-state index in [1.807, 2.05) is 0 Å². The van der Waals surface area contributed by atoms with Crippen LogP contribution in [0.15, 0.2) is 34.1 Å². The Hall–Kier alpha value is -1.46. The summed E-state index contributed by atoms with van der Waals surface area (Å²) in [5.74, 6) is 0. The predicted octanol–water partition coefficient (Wildman–Crippen LogP) is 1.39. The van der Waals surface area contributed by atoms with Crippen LogP contribution < -0.4 is 0 Å². The number of aryl methyl sites for hydroxylation is 2. The maximum absolute atomic E-state index is 13.0. The summed E-state index contributed by atoms with van der Waals surface area (Å²) in [7, 11) is -5.83. The Balaban J connectivity index is 1.82. The van der Waals surface area contributed by atoms with Gasteiger partial charge in [-0.25, -0.2) is 16.8 Å². The van der Waals surface area contributed by atoms with Gasteiger partial charge < -0.3 is 0 Å². The standard InChI is InChI=1S/C16H21ClN4O4S2/c1-12-16(13(2)19(3)18-12)27(24,25)21-10-8-20(9-11-21)26(22,23)15-7-5-4-6-14(15)17/h4-7H,8-11H2,1-3H3. The molecule has 1 aliphatic rings. The van der Waals surface area contributed by atoms with E-state index >= 15 is 0 Å². The van der Waals surface area contributed by atoms with Crippen LogP contribution in [0.2, 0.25) is 5.02 Å². The summed E-state index contributed by atoms with van der Waals surface area (Å²) >= 11 is 6.03. The summed E-state index contributed by atoms with van der Waals surface area (Å²) in [5, 5.41) is 4.31. The van der Waals surface area contributed by atoms with Crippen molar-refractivity contribution in [3.63, 3.8) is 0 Å². The molecule has 3 rings (SSSR count). The van der Waals surface area contributed by atoms with Gasteiger partial charge in [-0.15, -0.1) is 0 Å². The first-order chi connectivity index (χ1) is 12.6. The number of hydrogen-bond acceptors (Lipinski definition) is 5. The van der Waals surface area contributed by atoms with Crippen LogP contribution in [0.1, 0.15) is 11.4 Å². The SMILES string of the molecule is Cc1nn(C)c(C)c1S(=O)(=O)N1CCN(S(=O)(=O)c2ccccc2Cl)CC1. The highest BCUT2D eigenvalue weighted by molar-refractivity contribution is 7.89. The van der Waals surface area contributed by atoms with Crippen LogP contribution in [0.5, 0.6) is 0 Å². The maximum atomic E-state index is 13.0. The molecule has 0 atom stereocenters. The van der Waals surface area contributed by atoms with Gasteiger partial charge >= 0.3 is 0 Å². The summed E-state index contributed by atoms with van der Waals surface area (Å²) in [6.45, 7) is 3.61. The predicted molar refractivity (Wildman–Crippen MR) is 102 cm³/mol. The molecule has 148 valence electrons. The Bertz CT molecular complexity index is 1070. The van der Waals surface area contributed by atoms with E-state index in [9.17, 15) is 16.8 Å². The zero-order chi connectivity index (χ0) is 20.0. The van der Waals surface area contributed by atoms with Crippen molar-refractivity contribution in [1.82, 2.24) is 18.4 Å². The van der Waals surface area contributed by atoms with E-state index in [4.69, 9.17) is 11.6 Å². The van der Waals surface area contributed by atoms with Gasteiger partial charge in [0, 0.05) is 33.2 Å². The minimum Gasteiger partial charge on any atom is -0.271 e. The third-order valence-electron chi connectivity index (χ3n) is 4.69. The lowest BCUT2D eigenvalue weighted by Gasteiger charge is -2.33. The average molecular weight is 433 g/mol. The molecule has 27 heavy (non-hydrogen) atoms. The summed E-state index contributed by atoms with van der Waals surface area (Å²) in [5.41, 5.74) is 0.986. The van der Waals surface area contributed by atoms with Gasteiger partial charge in [-0.05, 0) is 26.0 Å². The fraction of sp³-hybridized carbons (Fsp3) is 0.438. The summed E-state index contributed by atoms with van der Waals surface area (Å²) in [6, 6.07) is 6.23. The van der Waals surface area contributed by atoms with Gasteiger partial charge in [0.15, 0.2) is 0 Å². The van der Waals surface area contributed by atoms with Gasteiger partial charge in [-0.1, -0.05) is 23.7 Å². The van der Waals surface area contributed by atoms with Gasteiger partial charge in [0.1, 0.15) is 9.79 Å². The third kappa shape index (κ3) is 3.52. The van der Waals surface area contributed by atoms with Crippen molar-refractivity contribution < 1.29 is 16.8 Å². The minimum absolute atomic E-state index is 0.0296. The van der Waals surface area contributed by atoms with Crippen LogP contribution >= 0.6 is 11.6 Å². The van der Waals surface area contributed by atoms with Gasteiger partial charge in [0.05, 0.1) is 16.4 Å². The topological polar surface area (TPSA) is 92.6 Å². The van der Waals surface area contributed by atoms with E-state index in [1.165, 1.54) is 25.4 Å². The van der Waals surface area contributed by atoms with E-state index in [1.54, 1.807) is 33.0 Å². The van der Waals surface area contributed by atoms with E-state index in [0.29, 0.717) is 11.4 Å². The molecule has 0 N–H and O–H groups in total. The van der Waals surface area contributed by atoms with Crippen LogP contribution in [0, 0.1) is 13.8 Å². The van der Waals surface area contributed by atoms with Crippen molar-refractivity contribution in [2.75, 3.05) is 26.2 Å². The van der Waals surface area contributed by atoms with Gasteiger partial charge in [0.2, 0.25) is 20.0 Å². The quantitative estimate of drug-likeness (QED) is 0.727. The number of benzene rings is 1. The Morgan fingerprint density at radius 3 is 1.93 bits per heavy atom. The largest absolute Gasteiger partial charge is 0.271 e. The molecule has 8 nitrogen and oxygen atoms in total. The van der Waals surface area contributed by atoms with Crippen molar-refractivity contribution in [3.8, 4) is 0 Å². The van der Waals surface area contributed by atoms with E-state index in [-0.39, 0.29) is 41.0 Å². The van der Waals surface area contributed by atoms with Crippen LogP contribution in [-0.2, 0) is 27.1 Å². The number of aromatic nitrogens is 2. The van der Waals surface area contributed by atoms with E-state index < -0.39 is 20.0 Å². The third-order valence-corrected chi connectivity index (χ3v) is 9.24.